The van der Waals surface area contributed by atoms with Crippen molar-refractivity contribution in [1.29, 1.82) is 0 Å². The van der Waals surface area contributed by atoms with E-state index in [0.29, 0.717) is 11.3 Å². The molecule has 30 heavy (non-hydrogen) atoms. The number of hydrogen-bond acceptors (Lipinski definition) is 5. The molecule has 0 spiro atoms. The zero-order valence-electron chi connectivity index (χ0n) is 16.8. The number of amides is 1. The highest BCUT2D eigenvalue weighted by Gasteiger charge is 2.22. The highest BCUT2D eigenvalue weighted by molar-refractivity contribution is 5.95. The van der Waals surface area contributed by atoms with Crippen LogP contribution in [0.5, 0.6) is 0 Å². The van der Waals surface area contributed by atoms with Gasteiger partial charge in [-0.1, -0.05) is 24.3 Å². The summed E-state index contributed by atoms with van der Waals surface area (Å²) >= 11 is 0. The van der Waals surface area contributed by atoms with E-state index < -0.39 is 5.97 Å². The largest absolute Gasteiger partial charge is 0.462 e. The molecule has 1 aromatic heterocycles. The number of aryl methyl sites for hydroxylation is 1. The van der Waals surface area contributed by atoms with E-state index in [4.69, 9.17) is 10.5 Å². The average Bonchev–Trinajstić information content (AvgIpc) is 3.15. The number of nitrogens with two attached hydrogens (primary N) is 1. The van der Waals surface area contributed by atoms with E-state index in [1.54, 1.807) is 31.2 Å². The number of benzene rings is 2. The highest BCUT2D eigenvalue weighted by Crippen LogP contribution is 2.29. The van der Waals surface area contributed by atoms with Crippen molar-refractivity contribution in [3.05, 3.63) is 77.0 Å². The Morgan fingerprint density at radius 2 is 1.97 bits per heavy atom. The predicted molar refractivity (Wildman–Crippen MR) is 114 cm³/mol. The maximum absolute atomic E-state index is 12.8. The van der Waals surface area contributed by atoms with Crippen molar-refractivity contribution in [2.45, 2.75) is 32.2 Å². The fraction of sp³-hybridized carbons (Fsp3) is 0.261. The minimum Gasteiger partial charge on any atom is -0.462 e. The minimum atomic E-state index is -0.509. The van der Waals surface area contributed by atoms with Gasteiger partial charge >= 0.3 is 5.97 Å². The lowest BCUT2D eigenvalue weighted by molar-refractivity contribution is 0.0527. The first kappa shape index (κ1) is 19.7. The van der Waals surface area contributed by atoms with Crippen molar-refractivity contribution in [1.82, 2.24) is 15.1 Å². The summed E-state index contributed by atoms with van der Waals surface area (Å²) in [6.07, 6.45) is 4.42. The van der Waals surface area contributed by atoms with Crippen molar-refractivity contribution in [2.24, 2.45) is 0 Å². The molecule has 0 radical (unpaired) electrons. The molecule has 4 rings (SSSR count). The molecule has 154 valence electrons. The number of fused-ring (bicyclic) bond motifs is 1. The molecule has 1 aliphatic carbocycles. The van der Waals surface area contributed by atoms with Gasteiger partial charge in [-0.15, -0.1) is 0 Å². The summed E-state index contributed by atoms with van der Waals surface area (Å²) in [4.78, 5) is 24.7. The number of ether oxygens (including phenoxy) is 1. The lowest BCUT2D eigenvalue weighted by Crippen LogP contribution is -2.30. The molecular formula is C23H24N4O3. The van der Waals surface area contributed by atoms with Crippen LogP contribution in [0, 0.1) is 0 Å². The number of carbonyl (C=O) groups excluding carboxylic acids is 2. The molecule has 1 heterocycles. The molecule has 0 saturated heterocycles. The Morgan fingerprint density at radius 3 is 2.73 bits per heavy atom. The van der Waals surface area contributed by atoms with Crippen LogP contribution in [0.2, 0.25) is 0 Å². The van der Waals surface area contributed by atoms with Gasteiger partial charge < -0.3 is 15.8 Å². The number of esters is 1. The number of aromatic nitrogens is 2. The Kier molecular flexibility index (Phi) is 5.52. The summed E-state index contributed by atoms with van der Waals surface area (Å²) in [5.41, 5.74) is 9.98. The van der Waals surface area contributed by atoms with E-state index >= 15 is 0 Å². The van der Waals surface area contributed by atoms with Gasteiger partial charge in [0.1, 0.15) is 11.4 Å². The standard InChI is InChI=1S/C23H24N4O3/c1-2-30-23(29)19-14-25-27(21(19)24)17-12-10-16(11-13-17)22(28)26-20-9-5-7-15-6-3-4-8-18(15)20/h3-4,6,8,10-14,20H,2,5,7,9,24H2,1H3,(H,26,28)/t20-/m0/s1. The fourth-order valence-corrected chi connectivity index (χ4v) is 3.83. The molecule has 0 aliphatic heterocycles. The molecule has 0 unspecified atom stereocenters. The number of hydrogen-bond donors (Lipinski definition) is 2. The van der Waals surface area contributed by atoms with Gasteiger partial charge in [0.05, 0.1) is 24.5 Å². The van der Waals surface area contributed by atoms with Crippen molar-refractivity contribution < 1.29 is 14.3 Å². The number of nitrogens with one attached hydrogen (secondary N) is 1. The second kappa shape index (κ2) is 8.41. The minimum absolute atomic E-state index is 0.0241. The molecule has 3 aromatic rings. The molecule has 1 amide bonds. The van der Waals surface area contributed by atoms with Gasteiger partial charge in [0.2, 0.25) is 0 Å². The van der Waals surface area contributed by atoms with Crippen LogP contribution in [-0.2, 0) is 11.2 Å². The van der Waals surface area contributed by atoms with Gasteiger partial charge in [-0.3, -0.25) is 4.79 Å². The van der Waals surface area contributed by atoms with Crippen LogP contribution in [0.3, 0.4) is 0 Å². The molecule has 7 nitrogen and oxygen atoms in total. The maximum Gasteiger partial charge on any atom is 0.343 e. The Bertz CT molecular complexity index is 1070. The van der Waals surface area contributed by atoms with Gasteiger partial charge in [-0.05, 0) is 61.6 Å². The lowest BCUT2D eigenvalue weighted by atomic mass is 9.87. The SMILES string of the molecule is CCOC(=O)c1cnn(-c2ccc(C(=O)N[C@H]3CCCc4ccccc43)cc2)c1N. The molecule has 3 N–H and O–H groups in total. The van der Waals surface area contributed by atoms with Crippen LogP contribution in [0.15, 0.2) is 54.7 Å². The molecule has 1 atom stereocenters. The van der Waals surface area contributed by atoms with Crippen LogP contribution in [0.4, 0.5) is 5.82 Å². The summed E-state index contributed by atoms with van der Waals surface area (Å²) in [5.74, 6) is -0.432. The molecular weight excluding hydrogens is 380 g/mol. The summed E-state index contributed by atoms with van der Waals surface area (Å²) in [5, 5.41) is 7.32. The normalized spacial score (nSPS) is 15.3. The molecule has 2 aromatic carbocycles. The number of carbonyl (C=O) groups is 2. The van der Waals surface area contributed by atoms with Crippen LogP contribution in [-0.4, -0.2) is 28.3 Å². The van der Waals surface area contributed by atoms with E-state index in [2.05, 4.69) is 22.5 Å². The number of anilines is 1. The van der Waals surface area contributed by atoms with Crippen molar-refractivity contribution >= 4 is 17.7 Å². The lowest BCUT2D eigenvalue weighted by Gasteiger charge is -2.26. The number of nitrogens with zero attached hydrogens (tertiary/aromatic N) is 2. The molecule has 7 heteroatoms. The van der Waals surface area contributed by atoms with Gasteiger partial charge in [0.25, 0.3) is 5.91 Å². The predicted octanol–water partition coefficient (Wildman–Crippen LogP) is 3.44. The third-order valence-electron chi connectivity index (χ3n) is 5.35. The summed E-state index contributed by atoms with van der Waals surface area (Å²) in [6.45, 7) is 1.99. The Labute approximate surface area is 174 Å². The van der Waals surface area contributed by atoms with Gasteiger partial charge in [-0.2, -0.15) is 5.10 Å². The first-order valence-electron chi connectivity index (χ1n) is 10.1. The van der Waals surface area contributed by atoms with Crippen LogP contribution >= 0.6 is 0 Å². The summed E-state index contributed by atoms with van der Waals surface area (Å²) in [6, 6.07) is 15.2. The van der Waals surface area contributed by atoms with Crippen molar-refractivity contribution in [3.63, 3.8) is 0 Å². The first-order chi connectivity index (χ1) is 14.6. The third kappa shape index (κ3) is 3.78. The van der Waals surface area contributed by atoms with Crippen LogP contribution in [0.1, 0.15) is 57.7 Å². The van der Waals surface area contributed by atoms with Crippen molar-refractivity contribution in [3.8, 4) is 5.69 Å². The summed E-state index contributed by atoms with van der Waals surface area (Å²) in [7, 11) is 0. The van der Waals surface area contributed by atoms with Gasteiger partial charge in [0, 0.05) is 5.56 Å². The monoisotopic (exact) mass is 404 g/mol. The topological polar surface area (TPSA) is 99.2 Å². The molecule has 0 saturated carbocycles. The highest BCUT2D eigenvalue weighted by atomic mass is 16.5. The zero-order chi connectivity index (χ0) is 21.1. The summed E-state index contributed by atoms with van der Waals surface area (Å²) < 4.78 is 6.43. The van der Waals surface area contributed by atoms with E-state index in [-0.39, 0.29) is 29.9 Å². The zero-order valence-corrected chi connectivity index (χ0v) is 16.8. The molecule has 0 bridgehead atoms. The Morgan fingerprint density at radius 1 is 1.20 bits per heavy atom. The third-order valence-corrected chi connectivity index (χ3v) is 5.35. The van der Waals surface area contributed by atoms with Gasteiger partial charge in [-0.25, -0.2) is 9.48 Å². The van der Waals surface area contributed by atoms with Crippen LogP contribution in [0.25, 0.3) is 5.69 Å². The van der Waals surface area contributed by atoms with Gasteiger partial charge in [0.15, 0.2) is 0 Å². The second-order valence-corrected chi connectivity index (χ2v) is 7.24. The Balaban J connectivity index is 1.49. The first-order valence-corrected chi connectivity index (χ1v) is 10.1. The average molecular weight is 404 g/mol. The molecule has 1 aliphatic rings. The van der Waals surface area contributed by atoms with E-state index in [9.17, 15) is 9.59 Å². The van der Waals surface area contributed by atoms with E-state index in [1.807, 2.05) is 12.1 Å². The van der Waals surface area contributed by atoms with E-state index in [1.165, 1.54) is 22.0 Å². The maximum atomic E-state index is 12.8. The molecule has 0 fully saturated rings. The van der Waals surface area contributed by atoms with E-state index in [0.717, 1.165) is 19.3 Å². The van der Waals surface area contributed by atoms with Crippen LogP contribution < -0.4 is 11.1 Å². The second-order valence-electron chi connectivity index (χ2n) is 7.24. The number of rotatable bonds is 5. The quantitative estimate of drug-likeness (QED) is 0.635. The number of nitrogen functional groups attached to an aromatic ring is 1. The van der Waals surface area contributed by atoms with Crippen molar-refractivity contribution in [2.75, 3.05) is 12.3 Å². The smallest absolute Gasteiger partial charge is 0.343 e. The Hall–Kier alpha value is -3.61. The fourth-order valence-electron chi connectivity index (χ4n) is 3.83.